The zero-order chi connectivity index (χ0) is 13.2. The first-order valence-corrected chi connectivity index (χ1v) is 5.56. The Morgan fingerprint density at radius 1 is 1.41 bits per heavy atom. The molecule has 0 aliphatic heterocycles. The summed E-state index contributed by atoms with van der Waals surface area (Å²) in [6.07, 6.45) is -0.748. The van der Waals surface area contributed by atoms with Crippen LogP contribution < -0.4 is 4.42 Å². The first-order chi connectivity index (χ1) is 7.70. The number of anilines is 1. The second-order valence-electron chi connectivity index (χ2n) is 4.36. The molecule has 0 aromatic heterocycles. The van der Waals surface area contributed by atoms with E-state index in [2.05, 4.69) is 0 Å². The van der Waals surface area contributed by atoms with Crippen LogP contribution >= 0.6 is 23.4 Å². The van der Waals surface area contributed by atoms with Crippen LogP contribution in [-0.2, 0) is 4.74 Å². The van der Waals surface area contributed by atoms with Crippen molar-refractivity contribution in [1.29, 1.82) is 0 Å². The summed E-state index contributed by atoms with van der Waals surface area (Å²) in [4.78, 5) is 11.6. The van der Waals surface area contributed by atoms with Gasteiger partial charge in [0.05, 0.1) is 10.7 Å². The van der Waals surface area contributed by atoms with Crippen LogP contribution in [0.25, 0.3) is 0 Å². The molecule has 0 heterocycles. The van der Waals surface area contributed by atoms with E-state index in [9.17, 15) is 9.18 Å². The first kappa shape index (κ1) is 14.1. The molecular weight excluding hydrogens is 268 g/mol. The maximum absolute atomic E-state index is 12.9. The molecule has 1 aromatic rings. The van der Waals surface area contributed by atoms with Crippen LogP contribution in [0.1, 0.15) is 20.8 Å². The Hall–Kier alpha value is -1.00. The monoisotopic (exact) mass is 279 g/mol. The van der Waals surface area contributed by atoms with Crippen molar-refractivity contribution < 1.29 is 13.9 Å². The molecule has 1 amide bonds. The van der Waals surface area contributed by atoms with Crippen molar-refractivity contribution in [2.75, 3.05) is 4.42 Å². The molecule has 0 N–H and O–H groups in total. The number of nitrogens with zero attached hydrogens (tertiary/aromatic N) is 1. The molecule has 17 heavy (non-hydrogen) atoms. The number of hydrogen-bond acceptors (Lipinski definition) is 2. The molecule has 0 unspecified atom stereocenters. The van der Waals surface area contributed by atoms with Gasteiger partial charge in [0.2, 0.25) is 0 Å². The number of ether oxygens (including phenoxy) is 1. The van der Waals surface area contributed by atoms with Crippen LogP contribution in [0, 0.1) is 5.82 Å². The van der Waals surface area contributed by atoms with E-state index in [-0.39, 0.29) is 10.7 Å². The largest absolute Gasteiger partial charge is 0.443 e. The van der Waals surface area contributed by atoms with Gasteiger partial charge in [-0.25, -0.2) is 9.18 Å². The van der Waals surface area contributed by atoms with Crippen molar-refractivity contribution in [2.45, 2.75) is 26.4 Å². The summed E-state index contributed by atoms with van der Waals surface area (Å²) >= 11 is 11.3. The van der Waals surface area contributed by atoms with Crippen molar-refractivity contribution in [1.82, 2.24) is 0 Å². The van der Waals surface area contributed by atoms with Gasteiger partial charge in [-0.05, 0) is 39.0 Å². The number of hydrogen-bond donors (Lipinski definition) is 0. The Morgan fingerprint density at radius 2 is 2.00 bits per heavy atom. The number of halogens is 3. The minimum Gasteiger partial charge on any atom is -0.443 e. The third-order valence-electron chi connectivity index (χ3n) is 1.68. The quantitative estimate of drug-likeness (QED) is 0.715. The van der Waals surface area contributed by atoms with Crippen molar-refractivity contribution in [3.63, 3.8) is 0 Å². The topological polar surface area (TPSA) is 29.5 Å². The number of carbonyl (C=O) groups is 1. The predicted molar refractivity (Wildman–Crippen MR) is 66.0 cm³/mol. The van der Waals surface area contributed by atoms with Gasteiger partial charge in [-0.3, -0.25) is 0 Å². The third kappa shape index (κ3) is 4.06. The lowest BCUT2D eigenvalue weighted by Crippen LogP contribution is -2.31. The Bertz CT molecular complexity index is 432. The second kappa shape index (κ2) is 5.10. The van der Waals surface area contributed by atoms with Crippen molar-refractivity contribution in [2.24, 2.45) is 0 Å². The summed E-state index contributed by atoms with van der Waals surface area (Å²) in [5, 5.41) is -0.114. The van der Waals surface area contributed by atoms with Crippen LogP contribution in [0.3, 0.4) is 0 Å². The highest BCUT2D eigenvalue weighted by Crippen LogP contribution is 2.25. The summed E-state index contributed by atoms with van der Waals surface area (Å²) in [5.74, 6) is -0.579. The third-order valence-corrected chi connectivity index (χ3v) is 2.31. The van der Waals surface area contributed by atoms with Gasteiger partial charge in [0.15, 0.2) is 0 Å². The SMILES string of the molecule is CC(C)(C)OC(=O)N(Cl)c1ccc(F)c(Cl)c1. The predicted octanol–water partition coefficient (Wildman–Crippen LogP) is 4.37. The molecular formula is C11H12Cl2FNO2. The van der Waals surface area contributed by atoms with Crippen molar-refractivity contribution in [3.8, 4) is 0 Å². The van der Waals surface area contributed by atoms with Crippen molar-refractivity contribution in [3.05, 3.63) is 29.0 Å². The first-order valence-electron chi connectivity index (χ1n) is 4.84. The van der Waals surface area contributed by atoms with E-state index in [1.807, 2.05) is 0 Å². The van der Waals surface area contributed by atoms with E-state index in [1.54, 1.807) is 20.8 Å². The molecule has 0 saturated carbocycles. The van der Waals surface area contributed by atoms with Gasteiger partial charge in [0.1, 0.15) is 11.4 Å². The minimum atomic E-state index is -0.748. The van der Waals surface area contributed by atoms with E-state index < -0.39 is 17.5 Å². The van der Waals surface area contributed by atoms with Crippen LogP contribution in [0.4, 0.5) is 14.9 Å². The molecule has 0 fully saturated rings. The zero-order valence-corrected chi connectivity index (χ0v) is 11.1. The van der Waals surface area contributed by atoms with E-state index in [4.69, 9.17) is 28.1 Å². The highest BCUT2D eigenvalue weighted by Gasteiger charge is 2.22. The normalized spacial score (nSPS) is 11.2. The van der Waals surface area contributed by atoms with Gasteiger partial charge in [-0.2, -0.15) is 4.42 Å². The van der Waals surface area contributed by atoms with Gasteiger partial charge in [-0.15, -0.1) is 0 Å². The standard InChI is InChI=1S/C11H12Cl2FNO2/c1-11(2,3)17-10(16)15(13)7-4-5-9(14)8(12)6-7/h4-6H,1-3H3. The van der Waals surface area contributed by atoms with Gasteiger partial charge >= 0.3 is 6.09 Å². The highest BCUT2D eigenvalue weighted by molar-refractivity contribution is 6.36. The molecule has 0 spiro atoms. The molecule has 0 aliphatic carbocycles. The van der Waals surface area contributed by atoms with Gasteiger partial charge in [-0.1, -0.05) is 11.6 Å². The minimum absolute atomic E-state index is 0.114. The maximum atomic E-state index is 12.9. The molecule has 3 nitrogen and oxygen atoms in total. The van der Waals surface area contributed by atoms with Gasteiger partial charge in [0, 0.05) is 11.8 Å². The maximum Gasteiger partial charge on any atom is 0.429 e. The van der Waals surface area contributed by atoms with Crippen LogP contribution in [-0.4, -0.2) is 11.7 Å². The fourth-order valence-electron chi connectivity index (χ4n) is 1.01. The fourth-order valence-corrected chi connectivity index (χ4v) is 1.33. The molecule has 0 atom stereocenters. The average molecular weight is 280 g/mol. The number of benzene rings is 1. The lowest BCUT2D eigenvalue weighted by atomic mass is 10.2. The molecule has 0 bridgehead atoms. The Morgan fingerprint density at radius 3 is 2.47 bits per heavy atom. The van der Waals surface area contributed by atoms with Crippen LogP contribution in [0.5, 0.6) is 0 Å². The van der Waals surface area contributed by atoms with E-state index >= 15 is 0 Å². The van der Waals surface area contributed by atoms with E-state index in [0.29, 0.717) is 0 Å². The number of carbonyl (C=O) groups excluding carboxylic acids is 1. The molecule has 0 aliphatic rings. The van der Waals surface area contributed by atoms with Crippen LogP contribution in [0.2, 0.25) is 5.02 Å². The Labute approximate surface area is 109 Å². The summed E-state index contributed by atoms with van der Waals surface area (Å²) in [6, 6.07) is 3.70. The lowest BCUT2D eigenvalue weighted by Gasteiger charge is -2.22. The van der Waals surface area contributed by atoms with E-state index in [1.165, 1.54) is 12.1 Å². The lowest BCUT2D eigenvalue weighted by molar-refractivity contribution is 0.0609. The summed E-state index contributed by atoms with van der Waals surface area (Å²) in [5.41, 5.74) is -0.416. The summed E-state index contributed by atoms with van der Waals surface area (Å²) in [6.45, 7) is 5.15. The molecule has 94 valence electrons. The zero-order valence-electron chi connectivity index (χ0n) is 9.63. The van der Waals surface area contributed by atoms with E-state index in [0.717, 1.165) is 10.5 Å². The fraction of sp³-hybridized carbons (Fsp3) is 0.364. The van der Waals surface area contributed by atoms with Crippen LogP contribution in [0.15, 0.2) is 18.2 Å². The number of amides is 1. The summed E-state index contributed by atoms with van der Waals surface area (Å²) in [7, 11) is 0. The average Bonchev–Trinajstić information content (AvgIpc) is 2.18. The molecule has 0 saturated heterocycles. The molecule has 1 aromatic carbocycles. The second-order valence-corrected chi connectivity index (χ2v) is 5.10. The smallest absolute Gasteiger partial charge is 0.429 e. The van der Waals surface area contributed by atoms with Gasteiger partial charge in [0.25, 0.3) is 0 Å². The molecule has 6 heteroatoms. The van der Waals surface area contributed by atoms with Gasteiger partial charge < -0.3 is 4.74 Å². The Kier molecular flexibility index (Phi) is 4.22. The Balaban J connectivity index is 2.85. The summed E-state index contributed by atoms with van der Waals surface area (Å²) < 4.78 is 18.7. The molecule has 1 rings (SSSR count). The number of rotatable bonds is 1. The van der Waals surface area contributed by atoms with Crippen molar-refractivity contribution >= 4 is 35.2 Å². The highest BCUT2D eigenvalue weighted by atomic mass is 35.5. The molecule has 0 radical (unpaired) electrons.